The van der Waals surface area contributed by atoms with Crippen LogP contribution in [0.5, 0.6) is 0 Å². The highest BCUT2D eigenvalue weighted by Gasteiger charge is 2.53. The van der Waals surface area contributed by atoms with Gasteiger partial charge in [-0.05, 0) is 57.4 Å². The number of allylic oxidation sites excluding steroid dienone is 2. The molecule has 0 spiro atoms. The molecule has 0 heterocycles. The molecular weight excluding hydrogens is 214 g/mol. The van der Waals surface area contributed by atoms with Gasteiger partial charge in [0.05, 0.1) is 6.42 Å². The van der Waals surface area contributed by atoms with Gasteiger partial charge in [0.1, 0.15) is 5.60 Å². The van der Waals surface area contributed by atoms with E-state index in [2.05, 4.69) is 12.2 Å². The number of ether oxygens (including phenoxy) is 1. The summed E-state index contributed by atoms with van der Waals surface area (Å²) in [7, 11) is 0. The van der Waals surface area contributed by atoms with Gasteiger partial charge in [-0.3, -0.25) is 4.79 Å². The first-order valence-corrected chi connectivity index (χ1v) is 6.45. The SMILES string of the molecule is CC(C)(C)OC(=O)C[C@]1(CN)C[C@H]2CC=C[C@H]21. The number of hydrogen-bond acceptors (Lipinski definition) is 3. The van der Waals surface area contributed by atoms with E-state index in [0.717, 1.165) is 18.8 Å². The normalized spacial score (nSPS) is 35.3. The Bertz CT molecular complexity index is 343. The summed E-state index contributed by atoms with van der Waals surface area (Å²) in [5.41, 5.74) is 5.47. The van der Waals surface area contributed by atoms with Crippen LogP contribution in [0, 0.1) is 17.3 Å². The lowest BCUT2D eigenvalue weighted by Gasteiger charge is -2.51. The Kier molecular flexibility index (Phi) is 3.06. The molecule has 2 aliphatic rings. The van der Waals surface area contributed by atoms with Gasteiger partial charge in [-0.15, -0.1) is 0 Å². The van der Waals surface area contributed by atoms with E-state index >= 15 is 0 Å². The van der Waals surface area contributed by atoms with Crippen molar-refractivity contribution in [1.82, 2.24) is 0 Å². The maximum absolute atomic E-state index is 11.9. The molecular formula is C14H23NO2. The summed E-state index contributed by atoms with van der Waals surface area (Å²) in [6, 6.07) is 0. The minimum atomic E-state index is -0.401. The van der Waals surface area contributed by atoms with Crippen LogP contribution in [0.1, 0.15) is 40.0 Å². The molecule has 3 atom stereocenters. The van der Waals surface area contributed by atoms with E-state index in [9.17, 15) is 4.79 Å². The van der Waals surface area contributed by atoms with Crippen molar-refractivity contribution in [3.63, 3.8) is 0 Å². The van der Waals surface area contributed by atoms with Gasteiger partial charge in [0.2, 0.25) is 0 Å². The van der Waals surface area contributed by atoms with Gasteiger partial charge in [-0.2, -0.15) is 0 Å². The summed E-state index contributed by atoms with van der Waals surface area (Å²) in [6.45, 7) is 6.29. The number of carbonyl (C=O) groups is 1. The third-order valence-corrected chi connectivity index (χ3v) is 3.99. The fourth-order valence-electron chi connectivity index (χ4n) is 3.26. The molecule has 2 rings (SSSR count). The number of hydrogen-bond donors (Lipinski definition) is 1. The third kappa shape index (κ3) is 2.39. The van der Waals surface area contributed by atoms with Crippen LogP contribution in [0.25, 0.3) is 0 Å². The number of nitrogens with two attached hydrogens (primary N) is 1. The smallest absolute Gasteiger partial charge is 0.306 e. The Morgan fingerprint density at radius 2 is 2.24 bits per heavy atom. The van der Waals surface area contributed by atoms with Crippen LogP contribution >= 0.6 is 0 Å². The van der Waals surface area contributed by atoms with Crippen molar-refractivity contribution in [2.45, 2.75) is 45.6 Å². The van der Waals surface area contributed by atoms with Crippen molar-refractivity contribution < 1.29 is 9.53 Å². The molecule has 96 valence electrons. The van der Waals surface area contributed by atoms with E-state index in [1.54, 1.807) is 0 Å². The standard InChI is InChI=1S/C14H23NO2/c1-13(2,3)17-12(16)8-14(9-15)7-10-5-4-6-11(10)14/h4,6,10-11H,5,7-9,15H2,1-3H3/t10-,11-,14+/m1/s1. The molecule has 0 radical (unpaired) electrons. The van der Waals surface area contributed by atoms with Crippen molar-refractivity contribution in [1.29, 1.82) is 0 Å². The molecule has 0 aliphatic heterocycles. The van der Waals surface area contributed by atoms with E-state index in [1.807, 2.05) is 20.8 Å². The Hall–Kier alpha value is -0.830. The summed E-state index contributed by atoms with van der Waals surface area (Å²) in [5.74, 6) is 1.11. The van der Waals surface area contributed by atoms with Gasteiger partial charge < -0.3 is 10.5 Å². The summed E-state index contributed by atoms with van der Waals surface area (Å²) < 4.78 is 5.40. The van der Waals surface area contributed by atoms with Crippen LogP contribution in [0.2, 0.25) is 0 Å². The summed E-state index contributed by atoms with van der Waals surface area (Å²) in [6.07, 6.45) is 7.15. The molecule has 3 heteroatoms. The summed E-state index contributed by atoms with van der Waals surface area (Å²) in [4.78, 5) is 11.9. The molecule has 1 saturated carbocycles. The van der Waals surface area contributed by atoms with Crippen LogP contribution in [-0.4, -0.2) is 18.1 Å². The molecule has 0 aromatic heterocycles. The van der Waals surface area contributed by atoms with Gasteiger partial charge in [-0.1, -0.05) is 12.2 Å². The Morgan fingerprint density at radius 3 is 2.76 bits per heavy atom. The van der Waals surface area contributed by atoms with Crippen LogP contribution < -0.4 is 5.73 Å². The fraction of sp³-hybridized carbons (Fsp3) is 0.786. The predicted molar refractivity (Wildman–Crippen MR) is 67.3 cm³/mol. The van der Waals surface area contributed by atoms with Gasteiger partial charge >= 0.3 is 5.97 Å². The number of carbonyl (C=O) groups excluding carboxylic acids is 1. The third-order valence-electron chi connectivity index (χ3n) is 3.99. The van der Waals surface area contributed by atoms with E-state index in [1.165, 1.54) is 0 Å². The largest absolute Gasteiger partial charge is 0.460 e. The van der Waals surface area contributed by atoms with Gasteiger partial charge in [0.25, 0.3) is 0 Å². The second kappa shape index (κ2) is 4.13. The quantitative estimate of drug-likeness (QED) is 0.605. The van der Waals surface area contributed by atoms with Gasteiger partial charge in [0, 0.05) is 0 Å². The molecule has 0 aromatic rings. The van der Waals surface area contributed by atoms with Crippen LogP contribution in [0.15, 0.2) is 12.2 Å². The number of rotatable bonds is 3. The highest BCUT2D eigenvalue weighted by Crippen LogP contribution is 2.57. The van der Waals surface area contributed by atoms with Crippen LogP contribution in [0.4, 0.5) is 0 Å². The Labute approximate surface area is 103 Å². The molecule has 2 aliphatic carbocycles. The lowest BCUT2D eigenvalue weighted by molar-refractivity contribution is -0.162. The lowest BCUT2D eigenvalue weighted by atomic mass is 9.53. The minimum Gasteiger partial charge on any atom is -0.460 e. The van der Waals surface area contributed by atoms with Crippen LogP contribution in [-0.2, 0) is 9.53 Å². The molecule has 1 fully saturated rings. The Balaban J connectivity index is 1.97. The Morgan fingerprint density at radius 1 is 1.53 bits per heavy atom. The fourth-order valence-corrected chi connectivity index (χ4v) is 3.26. The average molecular weight is 237 g/mol. The molecule has 0 bridgehead atoms. The van der Waals surface area contributed by atoms with Gasteiger partial charge in [0.15, 0.2) is 0 Å². The summed E-state index contributed by atoms with van der Waals surface area (Å²) in [5, 5.41) is 0. The first kappa shape index (κ1) is 12.6. The van der Waals surface area contributed by atoms with Gasteiger partial charge in [-0.25, -0.2) is 0 Å². The van der Waals surface area contributed by atoms with E-state index < -0.39 is 5.60 Å². The molecule has 0 saturated heterocycles. The molecule has 2 N–H and O–H groups in total. The molecule has 3 nitrogen and oxygen atoms in total. The highest BCUT2D eigenvalue weighted by molar-refractivity contribution is 5.71. The first-order valence-electron chi connectivity index (χ1n) is 6.45. The maximum Gasteiger partial charge on any atom is 0.306 e. The molecule has 0 aromatic carbocycles. The number of esters is 1. The van der Waals surface area contributed by atoms with Crippen molar-refractivity contribution in [3.05, 3.63) is 12.2 Å². The highest BCUT2D eigenvalue weighted by atomic mass is 16.6. The second-order valence-corrected chi connectivity index (χ2v) is 6.48. The van der Waals surface area contributed by atoms with E-state index in [-0.39, 0.29) is 11.4 Å². The predicted octanol–water partition coefficient (Wildman–Crippen LogP) is 2.26. The average Bonchev–Trinajstić information content (AvgIpc) is 2.54. The monoisotopic (exact) mass is 237 g/mol. The van der Waals surface area contributed by atoms with Crippen LogP contribution in [0.3, 0.4) is 0 Å². The van der Waals surface area contributed by atoms with E-state index in [0.29, 0.717) is 18.9 Å². The van der Waals surface area contributed by atoms with Crippen molar-refractivity contribution >= 4 is 5.97 Å². The lowest BCUT2D eigenvalue weighted by Crippen LogP contribution is -2.51. The number of fused-ring (bicyclic) bond motifs is 1. The van der Waals surface area contributed by atoms with Crippen molar-refractivity contribution in [2.24, 2.45) is 23.0 Å². The molecule has 0 amide bonds. The summed E-state index contributed by atoms with van der Waals surface area (Å²) >= 11 is 0. The molecule has 0 unspecified atom stereocenters. The second-order valence-electron chi connectivity index (χ2n) is 6.48. The van der Waals surface area contributed by atoms with E-state index in [4.69, 9.17) is 10.5 Å². The zero-order valence-corrected chi connectivity index (χ0v) is 11.0. The first-order chi connectivity index (χ1) is 7.86. The zero-order valence-electron chi connectivity index (χ0n) is 11.0. The molecule has 17 heavy (non-hydrogen) atoms. The van der Waals surface area contributed by atoms with Crippen molar-refractivity contribution in [3.8, 4) is 0 Å². The zero-order chi connectivity index (χ0) is 12.7. The topological polar surface area (TPSA) is 52.3 Å². The van der Waals surface area contributed by atoms with Crippen molar-refractivity contribution in [2.75, 3.05) is 6.54 Å². The minimum absolute atomic E-state index is 0.0278. The maximum atomic E-state index is 11.9.